The molecule has 1 atom stereocenters. The van der Waals surface area contributed by atoms with Crippen molar-refractivity contribution in [2.75, 3.05) is 13.1 Å². The molecule has 2 saturated heterocycles. The summed E-state index contributed by atoms with van der Waals surface area (Å²) in [5, 5.41) is 9.70. The largest absolute Gasteiger partial charge is 0.508 e. The van der Waals surface area contributed by atoms with Crippen molar-refractivity contribution in [1.29, 1.82) is 0 Å². The molecular formula is C31H34N2O4. The molecule has 5 rings (SSSR count). The number of hydrogen-bond acceptors (Lipinski definition) is 4. The van der Waals surface area contributed by atoms with E-state index in [9.17, 15) is 14.7 Å². The van der Waals surface area contributed by atoms with Crippen LogP contribution in [0.3, 0.4) is 0 Å². The van der Waals surface area contributed by atoms with Crippen LogP contribution in [-0.4, -0.2) is 45.6 Å². The van der Waals surface area contributed by atoms with Crippen molar-refractivity contribution in [2.45, 2.75) is 57.2 Å². The van der Waals surface area contributed by atoms with Crippen molar-refractivity contribution in [1.82, 2.24) is 9.80 Å². The summed E-state index contributed by atoms with van der Waals surface area (Å²) in [6.45, 7) is 7.73. The molecule has 1 spiro atoms. The van der Waals surface area contributed by atoms with Gasteiger partial charge in [0.1, 0.15) is 16.9 Å². The zero-order valence-electron chi connectivity index (χ0n) is 21.7. The Hall–Kier alpha value is -3.80. The van der Waals surface area contributed by atoms with Crippen LogP contribution in [0, 0.1) is 0 Å². The minimum absolute atomic E-state index is 0.0110. The zero-order chi connectivity index (χ0) is 26.2. The normalized spacial score (nSPS) is 20.9. The van der Waals surface area contributed by atoms with Crippen LogP contribution in [0.1, 0.15) is 66.6 Å². The molecule has 6 nitrogen and oxygen atoms in total. The van der Waals surface area contributed by atoms with E-state index in [1.54, 1.807) is 17.0 Å². The van der Waals surface area contributed by atoms with Gasteiger partial charge in [0.05, 0.1) is 6.54 Å². The van der Waals surface area contributed by atoms with Crippen LogP contribution >= 0.6 is 0 Å². The molecule has 1 unspecified atom stereocenters. The quantitative estimate of drug-likeness (QED) is 0.464. The van der Waals surface area contributed by atoms with E-state index in [2.05, 4.69) is 20.8 Å². The third-order valence-electron chi connectivity index (χ3n) is 8.23. The van der Waals surface area contributed by atoms with Crippen LogP contribution in [0.15, 0.2) is 78.9 Å². The summed E-state index contributed by atoms with van der Waals surface area (Å²) in [5.74, 6) is 0.610. The number of ether oxygens (including phenoxy) is 1. The molecule has 2 amide bonds. The minimum Gasteiger partial charge on any atom is -0.508 e. The molecule has 0 saturated carbocycles. The molecule has 0 aromatic heterocycles. The van der Waals surface area contributed by atoms with Crippen LogP contribution in [-0.2, 0) is 16.8 Å². The molecular weight excluding hydrogens is 464 g/mol. The lowest BCUT2D eigenvalue weighted by Crippen LogP contribution is -2.58. The number of piperidine rings is 1. The monoisotopic (exact) mass is 498 g/mol. The van der Waals surface area contributed by atoms with Gasteiger partial charge in [-0.25, -0.2) is 4.79 Å². The third-order valence-corrected chi connectivity index (χ3v) is 8.23. The Kier molecular flexibility index (Phi) is 6.44. The number of phenolic OH excluding ortho intramolecular Hbond substituents is 1. The van der Waals surface area contributed by atoms with Gasteiger partial charge in [0, 0.05) is 31.5 Å². The average Bonchev–Trinajstić information content (AvgIpc) is 3.12. The third kappa shape index (κ3) is 4.35. The first-order valence-corrected chi connectivity index (χ1v) is 13.0. The fourth-order valence-electron chi connectivity index (χ4n) is 5.79. The van der Waals surface area contributed by atoms with Gasteiger partial charge in [0.25, 0.3) is 5.91 Å². The Bertz CT molecular complexity index is 1260. The van der Waals surface area contributed by atoms with Gasteiger partial charge in [-0.15, -0.1) is 0 Å². The van der Waals surface area contributed by atoms with E-state index in [4.69, 9.17) is 4.74 Å². The maximum atomic E-state index is 13.4. The Morgan fingerprint density at radius 1 is 0.946 bits per heavy atom. The van der Waals surface area contributed by atoms with Gasteiger partial charge in [-0.1, -0.05) is 68.4 Å². The number of benzene rings is 3. The SMILES string of the molecule is CC(C)c1ccc(C(=O)N2CCC3(CC2)OC(=O)N(Cc2ccc(O)cc2)C3(C)c2ccccc2)cc1. The van der Waals surface area contributed by atoms with Crippen molar-refractivity contribution in [3.63, 3.8) is 0 Å². The first kappa shape index (κ1) is 24.9. The van der Waals surface area contributed by atoms with Crippen molar-refractivity contribution in [3.8, 4) is 5.75 Å². The number of amides is 2. The summed E-state index contributed by atoms with van der Waals surface area (Å²) in [6.07, 6.45) is 0.737. The van der Waals surface area contributed by atoms with Crippen LogP contribution < -0.4 is 0 Å². The lowest BCUT2D eigenvalue weighted by Gasteiger charge is -2.48. The highest BCUT2D eigenvalue weighted by Gasteiger charge is 2.63. The highest BCUT2D eigenvalue weighted by Crippen LogP contribution is 2.52. The summed E-state index contributed by atoms with van der Waals surface area (Å²) in [5.41, 5.74) is 2.32. The topological polar surface area (TPSA) is 70.1 Å². The van der Waals surface area contributed by atoms with Crippen molar-refractivity contribution in [3.05, 3.63) is 101 Å². The Morgan fingerprint density at radius 3 is 2.16 bits per heavy atom. The van der Waals surface area contributed by atoms with Crippen LogP contribution in [0.2, 0.25) is 0 Å². The molecule has 2 heterocycles. The van der Waals surface area contributed by atoms with Gasteiger partial charge in [-0.05, 0) is 53.8 Å². The maximum absolute atomic E-state index is 13.4. The standard InChI is InChI=1S/C31H34N2O4/c1-22(2)24-11-13-25(14-12-24)28(35)32-19-17-31(18-20-32)30(3,26-7-5-4-6-8-26)33(29(36)37-31)21-23-9-15-27(34)16-10-23/h4-16,22,34H,17-21H2,1-3H3. The van der Waals surface area contributed by atoms with Gasteiger partial charge in [-0.2, -0.15) is 0 Å². The molecule has 2 aliphatic heterocycles. The van der Waals surface area contributed by atoms with E-state index in [0.717, 1.165) is 11.1 Å². The molecule has 0 radical (unpaired) electrons. The van der Waals surface area contributed by atoms with E-state index < -0.39 is 11.1 Å². The maximum Gasteiger partial charge on any atom is 0.411 e. The number of carbonyl (C=O) groups is 2. The van der Waals surface area contributed by atoms with Gasteiger partial charge >= 0.3 is 6.09 Å². The first-order chi connectivity index (χ1) is 17.7. The second kappa shape index (κ2) is 9.58. The van der Waals surface area contributed by atoms with Crippen LogP contribution in [0.5, 0.6) is 5.75 Å². The Morgan fingerprint density at radius 2 is 1.57 bits per heavy atom. The Balaban J connectivity index is 1.41. The predicted octanol–water partition coefficient (Wildman–Crippen LogP) is 6.06. The highest BCUT2D eigenvalue weighted by atomic mass is 16.6. The molecule has 37 heavy (non-hydrogen) atoms. The Labute approximate surface area is 218 Å². The molecule has 1 N–H and O–H groups in total. The van der Waals surface area contributed by atoms with E-state index >= 15 is 0 Å². The van der Waals surface area contributed by atoms with Crippen LogP contribution in [0.4, 0.5) is 4.79 Å². The van der Waals surface area contributed by atoms with Crippen molar-refractivity contribution < 1.29 is 19.4 Å². The minimum atomic E-state index is -0.763. The second-order valence-corrected chi connectivity index (χ2v) is 10.6. The molecule has 3 aromatic rings. The molecule has 6 heteroatoms. The number of likely N-dealkylation sites (tertiary alicyclic amines) is 1. The molecule has 2 aliphatic rings. The fourth-order valence-corrected chi connectivity index (χ4v) is 5.79. The average molecular weight is 499 g/mol. The molecule has 3 aromatic carbocycles. The lowest BCUT2D eigenvalue weighted by molar-refractivity contribution is -0.0551. The number of hydrogen-bond donors (Lipinski definition) is 1. The van der Waals surface area contributed by atoms with Crippen molar-refractivity contribution in [2.24, 2.45) is 0 Å². The number of nitrogens with zero attached hydrogens (tertiary/aromatic N) is 2. The first-order valence-electron chi connectivity index (χ1n) is 13.0. The number of rotatable bonds is 5. The summed E-state index contributed by atoms with van der Waals surface area (Å²) in [6, 6.07) is 24.8. The fraction of sp³-hybridized carbons (Fsp3) is 0.355. The number of phenols is 1. The summed E-state index contributed by atoms with van der Waals surface area (Å²) < 4.78 is 6.24. The summed E-state index contributed by atoms with van der Waals surface area (Å²) in [4.78, 5) is 30.4. The van der Waals surface area contributed by atoms with E-state index in [1.165, 1.54) is 5.56 Å². The predicted molar refractivity (Wildman–Crippen MR) is 142 cm³/mol. The van der Waals surface area contributed by atoms with Gasteiger partial charge in [-0.3, -0.25) is 9.69 Å². The number of aromatic hydroxyl groups is 1. The van der Waals surface area contributed by atoms with E-state index in [1.807, 2.05) is 71.6 Å². The molecule has 2 fully saturated rings. The molecule has 0 bridgehead atoms. The summed E-state index contributed by atoms with van der Waals surface area (Å²) in [7, 11) is 0. The van der Waals surface area contributed by atoms with E-state index in [0.29, 0.717) is 44.0 Å². The number of carbonyl (C=O) groups excluding carboxylic acids is 2. The smallest absolute Gasteiger partial charge is 0.411 e. The summed E-state index contributed by atoms with van der Waals surface area (Å²) >= 11 is 0. The van der Waals surface area contributed by atoms with Crippen molar-refractivity contribution >= 4 is 12.0 Å². The van der Waals surface area contributed by atoms with Gasteiger partial charge in [0.15, 0.2) is 0 Å². The van der Waals surface area contributed by atoms with E-state index in [-0.39, 0.29) is 17.7 Å². The van der Waals surface area contributed by atoms with Gasteiger partial charge in [0.2, 0.25) is 0 Å². The zero-order valence-corrected chi connectivity index (χ0v) is 21.7. The lowest BCUT2D eigenvalue weighted by atomic mass is 9.70. The van der Waals surface area contributed by atoms with Crippen LogP contribution in [0.25, 0.3) is 0 Å². The second-order valence-electron chi connectivity index (χ2n) is 10.6. The van der Waals surface area contributed by atoms with Gasteiger partial charge < -0.3 is 14.7 Å². The highest BCUT2D eigenvalue weighted by molar-refractivity contribution is 5.94. The molecule has 0 aliphatic carbocycles. The molecule has 192 valence electrons.